The lowest BCUT2D eigenvalue weighted by Gasteiger charge is -2.53. The molecule has 0 saturated carbocycles. The van der Waals surface area contributed by atoms with Crippen LogP contribution < -0.4 is 0 Å². The van der Waals surface area contributed by atoms with Crippen molar-refractivity contribution >= 4 is 5.97 Å². The highest BCUT2D eigenvalue weighted by Gasteiger charge is 2.61. The molecule has 0 amide bonds. The predicted molar refractivity (Wildman–Crippen MR) is 182 cm³/mol. The lowest BCUT2D eigenvalue weighted by Crippen LogP contribution is -2.71. The molecule has 252 valence electrons. The molecule has 4 aromatic carbocycles. The maximum atomic E-state index is 13.1. The molecule has 0 bridgehead atoms. The Morgan fingerprint density at radius 3 is 1.62 bits per heavy atom. The Morgan fingerprint density at radius 1 is 0.729 bits per heavy atom. The number of aliphatic hydroxyl groups is 1. The van der Waals surface area contributed by atoms with E-state index in [1.165, 1.54) is 7.11 Å². The number of hydrogen-bond acceptors (Lipinski definition) is 8. The van der Waals surface area contributed by atoms with Gasteiger partial charge in [0.25, 0.3) is 0 Å². The summed E-state index contributed by atoms with van der Waals surface area (Å²) in [5.41, 5.74) is 2.13. The van der Waals surface area contributed by atoms with Crippen LogP contribution in [-0.4, -0.2) is 60.9 Å². The molecule has 1 aliphatic heterocycles. The Bertz CT molecular complexity index is 1520. The lowest BCUT2D eigenvalue weighted by molar-refractivity contribution is -0.324. The molecule has 4 aromatic rings. The van der Waals surface area contributed by atoms with Crippen molar-refractivity contribution in [2.45, 2.75) is 69.0 Å². The van der Waals surface area contributed by atoms with Crippen LogP contribution in [0.2, 0.25) is 0 Å². The SMILES string of the molecule is C=CC[C@@]1([C@H](O)C(=O)OC)OC(COCc2ccccc2)[C@@H](OCc2ccccc2)[C@H](OCc2ccccc2)C1OCc1ccccc1. The minimum Gasteiger partial charge on any atom is -0.467 e. The van der Waals surface area contributed by atoms with E-state index in [1.807, 2.05) is 121 Å². The van der Waals surface area contributed by atoms with Gasteiger partial charge in [0.1, 0.15) is 30.0 Å². The molecule has 2 unspecified atom stereocenters. The molecule has 8 heteroatoms. The molecule has 0 radical (unpaired) electrons. The van der Waals surface area contributed by atoms with E-state index in [-0.39, 0.29) is 32.8 Å². The second-order valence-electron chi connectivity index (χ2n) is 11.8. The molecule has 0 aromatic heterocycles. The molecule has 1 fully saturated rings. The highest BCUT2D eigenvalue weighted by Crippen LogP contribution is 2.42. The summed E-state index contributed by atoms with van der Waals surface area (Å²) < 4.78 is 38.2. The van der Waals surface area contributed by atoms with Gasteiger partial charge >= 0.3 is 5.97 Å². The van der Waals surface area contributed by atoms with Crippen molar-refractivity contribution in [1.82, 2.24) is 0 Å². The highest BCUT2D eigenvalue weighted by molar-refractivity contribution is 5.76. The van der Waals surface area contributed by atoms with Crippen LogP contribution in [0.3, 0.4) is 0 Å². The van der Waals surface area contributed by atoms with Crippen molar-refractivity contribution in [3.05, 3.63) is 156 Å². The van der Waals surface area contributed by atoms with E-state index >= 15 is 0 Å². The van der Waals surface area contributed by atoms with Crippen molar-refractivity contribution in [2.75, 3.05) is 13.7 Å². The van der Waals surface area contributed by atoms with Crippen LogP contribution in [0.1, 0.15) is 28.7 Å². The van der Waals surface area contributed by atoms with E-state index < -0.39 is 42.1 Å². The third-order valence-corrected chi connectivity index (χ3v) is 8.43. The smallest absolute Gasteiger partial charge is 0.337 e. The minimum atomic E-state index is -1.74. The molecule has 6 atom stereocenters. The van der Waals surface area contributed by atoms with E-state index in [4.69, 9.17) is 28.4 Å². The lowest BCUT2D eigenvalue weighted by atomic mass is 9.78. The van der Waals surface area contributed by atoms with Gasteiger partial charge in [-0.15, -0.1) is 6.58 Å². The Hall–Kier alpha value is -4.15. The third-order valence-electron chi connectivity index (χ3n) is 8.43. The van der Waals surface area contributed by atoms with E-state index in [2.05, 4.69) is 6.58 Å². The number of rotatable bonds is 17. The Labute approximate surface area is 282 Å². The Kier molecular flexibility index (Phi) is 13.1. The zero-order valence-corrected chi connectivity index (χ0v) is 27.3. The number of benzene rings is 4. The third kappa shape index (κ3) is 9.05. The van der Waals surface area contributed by atoms with Gasteiger partial charge in [-0.2, -0.15) is 0 Å². The van der Waals surface area contributed by atoms with Crippen molar-refractivity contribution in [3.8, 4) is 0 Å². The first kappa shape index (κ1) is 35.2. The van der Waals surface area contributed by atoms with Gasteiger partial charge in [0.2, 0.25) is 0 Å². The fraction of sp³-hybridized carbons (Fsp3) is 0.325. The molecule has 5 rings (SSSR count). The van der Waals surface area contributed by atoms with Gasteiger partial charge < -0.3 is 33.5 Å². The van der Waals surface area contributed by atoms with Gasteiger partial charge in [0.15, 0.2) is 6.10 Å². The molecule has 0 spiro atoms. The number of hydrogen-bond donors (Lipinski definition) is 1. The van der Waals surface area contributed by atoms with Crippen LogP contribution in [0.25, 0.3) is 0 Å². The van der Waals surface area contributed by atoms with E-state index in [0.717, 1.165) is 22.3 Å². The summed E-state index contributed by atoms with van der Waals surface area (Å²) in [6, 6.07) is 39.1. The summed E-state index contributed by atoms with van der Waals surface area (Å²) in [5.74, 6) is -0.862. The molecule has 0 aliphatic carbocycles. The highest BCUT2D eigenvalue weighted by atomic mass is 16.6. The van der Waals surface area contributed by atoms with Gasteiger partial charge in [0.05, 0.1) is 40.1 Å². The summed E-state index contributed by atoms with van der Waals surface area (Å²) in [7, 11) is 1.23. The maximum Gasteiger partial charge on any atom is 0.337 e. The van der Waals surface area contributed by atoms with Crippen molar-refractivity contribution in [3.63, 3.8) is 0 Å². The van der Waals surface area contributed by atoms with Crippen LogP contribution in [0.15, 0.2) is 134 Å². The van der Waals surface area contributed by atoms with E-state index in [0.29, 0.717) is 6.61 Å². The first-order chi connectivity index (χ1) is 23.5. The average molecular weight is 653 g/mol. The summed E-state index contributed by atoms with van der Waals surface area (Å²) in [5, 5.41) is 11.7. The Balaban J connectivity index is 1.56. The van der Waals surface area contributed by atoms with Crippen molar-refractivity contribution < 1.29 is 38.3 Å². The first-order valence-electron chi connectivity index (χ1n) is 16.2. The fourth-order valence-corrected chi connectivity index (χ4v) is 6.02. The van der Waals surface area contributed by atoms with Crippen molar-refractivity contribution in [1.29, 1.82) is 0 Å². The van der Waals surface area contributed by atoms with Gasteiger partial charge in [0, 0.05) is 0 Å². The second kappa shape index (κ2) is 17.8. The quantitative estimate of drug-likeness (QED) is 0.106. The normalized spacial score (nSPS) is 22.9. The molecule has 8 nitrogen and oxygen atoms in total. The molecule has 1 saturated heterocycles. The maximum absolute atomic E-state index is 13.1. The van der Waals surface area contributed by atoms with Crippen LogP contribution in [-0.2, 0) is 59.6 Å². The fourth-order valence-electron chi connectivity index (χ4n) is 6.02. The number of carbonyl (C=O) groups excluding carboxylic acids is 1. The second-order valence-corrected chi connectivity index (χ2v) is 11.8. The van der Waals surface area contributed by atoms with Crippen LogP contribution in [0.5, 0.6) is 0 Å². The van der Waals surface area contributed by atoms with Gasteiger partial charge in [-0.3, -0.25) is 0 Å². The minimum absolute atomic E-state index is 0.0501. The monoisotopic (exact) mass is 652 g/mol. The molecule has 1 aliphatic rings. The van der Waals surface area contributed by atoms with Crippen LogP contribution in [0, 0.1) is 0 Å². The van der Waals surface area contributed by atoms with Gasteiger partial charge in [-0.05, 0) is 28.7 Å². The molecular weight excluding hydrogens is 608 g/mol. The number of aliphatic hydroxyl groups excluding tert-OH is 1. The van der Waals surface area contributed by atoms with Crippen LogP contribution in [0.4, 0.5) is 0 Å². The zero-order chi connectivity index (χ0) is 33.6. The van der Waals surface area contributed by atoms with Gasteiger partial charge in [-0.1, -0.05) is 127 Å². The Morgan fingerprint density at radius 2 is 1.17 bits per heavy atom. The number of esters is 1. The summed E-state index contributed by atoms with van der Waals surface area (Å²) in [4.78, 5) is 13.1. The average Bonchev–Trinajstić information content (AvgIpc) is 3.14. The number of carbonyl (C=O) groups is 1. The molecule has 48 heavy (non-hydrogen) atoms. The zero-order valence-electron chi connectivity index (χ0n) is 27.3. The molecular formula is C40H44O8. The summed E-state index contributed by atoms with van der Waals surface area (Å²) >= 11 is 0. The predicted octanol–water partition coefficient (Wildman–Crippen LogP) is 6.21. The van der Waals surface area contributed by atoms with E-state index in [9.17, 15) is 9.90 Å². The number of methoxy groups -OCH3 is 1. The topological polar surface area (TPSA) is 92.7 Å². The van der Waals surface area contributed by atoms with Gasteiger partial charge in [-0.25, -0.2) is 4.79 Å². The van der Waals surface area contributed by atoms with E-state index in [1.54, 1.807) is 6.08 Å². The first-order valence-corrected chi connectivity index (χ1v) is 16.2. The summed E-state index contributed by atoms with van der Waals surface area (Å²) in [6.45, 7) is 5.00. The molecule has 1 heterocycles. The largest absolute Gasteiger partial charge is 0.467 e. The number of ether oxygens (including phenoxy) is 6. The van der Waals surface area contributed by atoms with Crippen molar-refractivity contribution in [2.24, 2.45) is 0 Å². The van der Waals surface area contributed by atoms with Crippen LogP contribution >= 0.6 is 0 Å². The molecule has 1 N–H and O–H groups in total. The standard InChI is InChI=1S/C40H44O8/c1-3-24-40(37(41)39(42)43-2)38(47-28-33-22-14-7-15-23-33)36(46-27-32-20-12-6-13-21-32)35(45-26-31-18-10-5-11-19-31)34(48-40)29-44-25-30-16-8-4-9-17-30/h3-23,34-38,41H,1,24-29H2,2H3/t34?,35-,36+,37-,38?,40+/m1/s1. The summed E-state index contributed by atoms with van der Waals surface area (Å²) in [6.07, 6.45) is -3.42.